The van der Waals surface area contributed by atoms with Crippen LogP contribution in [0.5, 0.6) is 0 Å². The highest BCUT2D eigenvalue weighted by Gasteiger charge is 2.15. The number of rotatable bonds is 5. The summed E-state index contributed by atoms with van der Waals surface area (Å²) >= 11 is 0. The molecule has 3 aromatic rings. The number of anilines is 3. The molecule has 1 aromatic heterocycles. The summed E-state index contributed by atoms with van der Waals surface area (Å²) in [5, 5.41) is 6.92. The lowest BCUT2D eigenvalue weighted by Crippen LogP contribution is -2.28. The predicted molar refractivity (Wildman–Crippen MR) is 105 cm³/mol. The van der Waals surface area contributed by atoms with Gasteiger partial charge in [-0.05, 0) is 25.0 Å². The van der Waals surface area contributed by atoms with E-state index >= 15 is 0 Å². The van der Waals surface area contributed by atoms with Gasteiger partial charge >= 0.3 is 0 Å². The zero-order valence-electron chi connectivity index (χ0n) is 14.6. The zero-order valence-corrected chi connectivity index (χ0v) is 14.6. The Hall–Kier alpha value is -2.92. The zero-order chi connectivity index (χ0) is 17.6. The fourth-order valence-electron chi connectivity index (χ4n) is 3.02. The maximum Gasteiger partial charge on any atom is 0.163 e. The van der Waals surface area contributed by atoms with Crippen LogP contribution in [0.2, 0.25) is 0 Å². The molecule has 1 aliphatic heterocycles. The monoisotopic (exact) mass is 346 g/mol. The molecular weight excluding hydrogens is 324 g/mol. The van der Waals surface area contributed by atoms with E-state index in [2.05, 4.69) is 10.6 Å². The van der Waals surface area contributed by atoms with E-state index in [1.54, 1.807) is 0 Å². The van der Waals surface area contributed by atoms with E-state index in [4.69, 9.17) is 14.7 Å². The Morgan fingerprint density at radius 2 is 1.46 bits per heavy atom. The third-order valence-corrected chi connectivity index (χ3v) is 4.38. The van der Waals surface area contributed by atoms with Gasteiger partial charge in [0.25, 0.3) is 0 Å². The summed E-state index contributed by atoms with van der Waals surface area (Å²) < 4.78 is 5.45. The Labute approximate surface area is 153 Å². The predicted octanol–water partition coefficient (Wildman–Crippen LogP) is 4.48. The van der Waals surface area contributed by atoms with Gasteiger partial charge in [-0.1, -0.05) is 48.5 Å². The summed E-state index contributed by atoms with van der Waals surface area (Å²) in [6.45, 7) is 1.59. The highest BCUT2D eigenvalue weighted by molar-refractivity contribution is 5.65. The average Bonchev–Trinajstić information content (AvgIpc) is 2.70. The lowest BCUT2D eigenvalue weighted by atomic mass is 10.1. The Balaban J connectivity index is 1.64. The van der Waals surface area contributed by atoms with Crippen LogP contribution in [0, 0.1) is 0 Å². The summed E-state index contributed by atoms with van der Waals surface area (Å²) in [5.41, 5.74) is 2.00. The first-order chi connectivity index (χ1) is 12.9. The number of benzene rings is 2. The van der Waals surface area contributed by atoms with Gasteiger partial charge in [0.1, 0.15) is 11.6 Å². The normalized spacial score (nSPS) is 14.8. The van der Waals surface area contributed by atoms with Crippen molar-refractivity contribution in [3.8, 4) is 11.4 Å². The molecule has 0 radical (unpaired) electrons. The van der Waals surface area contributed by atoms with Crippen LogP contribution in [0.25, 0.3) is 11.4 Å². The highest BCUT2D eigenvalue weighted by atomic mass is 16.5. The van der Waals surface area contributed by atoms with Crippen LogP contribution in [0.4, 0.5) is 17.3 Å². The van der Waals surface area contributed by atoms with Crippen molar-refractivity contribution in [2.75, 3.05) is 23.8 Å². The molecule has 1 saturated heterocycles. The second kappa shape index (κ2) is 7.97. The molecule has 0 spiro atoms. The van der Waals surface area contributed by atoms with Crippen molar-refractivity contribution in [1.29, 1.82) is 0 Å². The van der Waals surface area contributed by atoms with Gasteiger partial charge in [-0.25, -0.2) is 9.97 Å². The van der Waals surface area contributed by atoms with Gasteiger partial charge in [-0.15, -0.1) is 0 Å². The first kappa shape index (κ1) is 16.5. The molecular formula is C21H22N4O. The van der Waals surface area contributed by atoms with E-state index in [1.807, 2.05) is 66.7 Å². The van der Waals surface area contributed by atoms with Crippen LogP contribution < -0.4 is 10.6 Å². The summed E-state index contributed by atoms with van der Waals surface area (Å²) in [5.74, 6) is 2.32. The van der Waals surface area contributed by atoms with Crippen molar-refractivity contribution in [3.63, 3.8) is 0 Å². The lowest BCUT2D eigenvalue weighted by Gasteiger charge is -2.24. The van der Waals surface area contributed by atoms with Gasteiger partial charge in [0.05, 0.1) is 0 Å². The molecule has 5 nitrogen and oxygen atoms in total. The quantitative estimate of drug-likeness (QED) is 0.713. The molecule has 4 rings (SSSR count). The largest absolute Gasteiger partial charge is 0.381 e. The number of para-hydroxylation sites is 1. The third-order valence-electron chi connectivity index (χ3n) is 4.38. The van der Waals surface area contributed by atoms with E-state index in [0.29, 0.717) is 11.9 Å². The molecule has 0 saturated carbocycles. The molecule has 0 amide bonds. The molecule has 1 fully saturated rings. The number of nitrogens with one attached hydrogen (secondary N) is 2. The first-order valence-corrected chi connectivity index (χ1v) is 8.98. The molecule has 1 aliphatic rings. The van der Waals surface area contributed by atoms with Crippen molar-refractivity contribution in [2.45, 2.75) is 18.9 Å². The van der Waals surface area contributed by atoms with E-state index in [0.717, 1.165) is 48.9 Å². The number of hydrogen-bond donors (Lipinski definition) is 2. The molecule has 2 heterocycles. The molecule has 26 heavy (non-hydrogen) atoms. The Bertz CT molecular complexity index is 833. The van der Waals surface area contributed by atoms with Crippen molar-refractivity contribution >= 4 is 17.3 Å². The summed E-state index contributed by atoms with van der Waals surface area (Å²) in [6.07, 6.45) is 1.98. The van der Waals surface area contributed by atoms with E-state index in [9.17, 15) is 0 Å². The molecule has 2 aromatic carbocycles. The Morgan fingerprint density at radius 1 is 0.808 bits per heavy atom. The minimum Gasteiger partial charge on any atom is -0.381 e. The van der Waals surface area contributed by atoms with Gasteiger partial charge in [0.15, 0.2) is 5.82 Å². The summed E-state index contributed by atoms with van der Waals surface area (Å²) in [7, 11) is 0. The second-order valence-electron chi connectivity index (χ2n) is 6.35. The molecule has 0 unspecified atom stereocenters. The van der Waals surface area contributed by atoms with Crippen LogP contribution in [0.15, 0.2) is 66.7 Å². The van der Waals surface area contributed by atoms with Crippen molar-refractivity contribution in [3.05, 3.63) is 66.7 Å². The van der Waals surface area contributed by atoms with Crippen LogP contribution in [-0.4, -0.2) is 29.2 Å². The molecule has 0 aliphatic carbocycles. The SMILES string of the molecule is c1ccc(Nc2cc(NC3CCOCC3)nc(-c3ccccc3)n2)cc1. The molecule has 2 N–H and O–H groups in total. The van der Waals surface area contributed by atoms with E-state index < -0.39 is 0 Å². The highest BCUT2D eigenvalue weighted by Crippen LogP contribution is 2.24. The Morgan fingerprint density at radius 3 is 2.19 bits per heavy atom. The standard InChI is InChI=1S/C21H22N4O/c1-3-7-16(8-4-1)21-24-19(22-17-9-5-2-6-10-17)15-20(25-21)23-18-11-13-26-14-12-18/h1-10,15,18H,11-14H2,(H2,22,23,24,25). The van der Waals surface area contributed by atoms with Crippen LogP contribution in [0.3, 0.4) is 0 Å². The molecule has 0 bridgehead atoms. The van der Waals surface area contributed by atoms with Crippen molar-refractivity contribution in [2.24, 2.45) is 0 Å². The maximum absolute atomic E-state index is 5.45. The lowest BCUT2D eigenvalue weighted by molar-refractivity contribution is 0.0904. The van der Waals surface area contributed by atoms with Crippen LogP contribution in [-0.2, 0) is 4.74 Å². The smallest absolute Gasteiger partial charge is 0.163 e. The van der Waals surface area contributed by atoms with E-state index in [-0.39, 0.29) is 0 Å². The molecule has 0 atom stereocenters. The Kier molecular flexibility index (Phi) is 5.07. The summed E-state index contributed by atoms with van der Waals surface area (Å²) in [4.78, 5) is 9.44. The topological polar surface area (TPSA) is 59.1 Å². The van der Waals surface area contributed by atoms with Crippen LogP contribution >= 0.6 is 0 Å². The number of nitrogens with zero attached hydrogens (tertiary/aromatic N) is 2. The summed E-state index contributed by atoms with van der Waals surface area (Å²) in [6, 6.07) is 22.5. The number of ether oxygens (including phenoxy) is 1. The number of aromatic nitrogens is 2. The fraction of sp³-hybridized carbons (Fsp3) is 0.238. The third kappa shape index (κ3) is 4.18. The van der Waals surface area contributed by atoms with Crippen molar-refractivity contribution in [1.82, 2.24) is 9.97 Å². The minimum absolute atomic E-state index is 0.381. The van der Waals surface area contributed by atoms with Gasteiger partial charge in [0, 0.05) is 36.6 Å². The van der Waals surface area contributed by atoms with Gasteiger partial charge in [-0.2, -0.15) is 0 Å². The van der Waals surface area contributed by atoms with Gasteiger partial charge < -0.3 is 15.4 Å². The molecule has 5 heteroatoms. The fourth-order valence-corrected chi connectivity index (χ4v) is 3.02. The average molecular weight is 346 g/mol. The first-order valence-electron chi connectivity index (χ1n) is 8.98. The maximum atomic E-state index is 5.45. The van der Waals surface area contributed by atoms with Crippen molar-refractivity contribution < 1.29 is 4.74 Å². The molecule has 132 valence electrons. The van der Waals surface area contributed by atoms with Gasteiger partial charge in [-0.3, -0.25) is 0 Å². The van der Waals surface area contributed by atoms with E-state index in [1.165, 1.54) is 0 Å². The minimum atomic E-state index is 0.381. The van der Waals surface area contributed by atoms with Gasteiger partial charge in [0.2, 0.25) is 0 Å². The van der Waals surface area contributed by atoms with Crippen LogP contribution in [0.1, 0.15) is 12.8 Å². The number of hydrogen-bond acceptors (Lipinski definition) is 5. The second-order valence-corrected chi connectivity index (χ2v) is 6.35.